The molecule has 0 radical (unpaired) electrons. The van der Waals surface area contributed by atoms with Crippen LogP contribution in [0.3, 0.4) is 0 Å². The monoisotopic (exact) mass is 371 g/mol. The number of carbonyl (C=O) groups excluding carboxylic acids is 1. The van der Waals surface area contributed by atoms with Crippen molar-refractivity contribution < 1.29 is 14.3 Å². The maximum absolute atomic E-state index is 12.3. The van der Waals surface area contributed by atoms with Crippen LogP contribution < -0.4 is 20.5 Å². The fourth-order valence-corrected chi connectivity index (χ4v) is 2.14. The van der Waals surface area contributed by atoms with Crippen molar-refractivity contribution in [2.75, 3.05) is 24.8 Å². The lowest BCUT2D eigenvalue weighted by Crippen LogP contribution is -2.13. The van der Waals surface area contributed by atoms with Crippen LogP contribution in [-0.4, -0.2) is 24.6 Å². The van der Waals surface area contributed by atoms with Crippen LogP contribution in [-0.2, 0) is 0 Å². The third-order valence-corrected chi connectivity index (χ3v) is 3.27. The summed E-state index contributed by atoms with van der Waals surface area (Å²) in [6.45, 7) is 2.50. The second-order valence-electron chi connectivity index (χ2n) is 4.76. The van der Waals surface area contributed by atoms with E-state index in [1.54, 1.807) is 18.2 Å². The van der Waals surface area contributed by atoms with Crippen molar-refractivity contribution in [2.24, 2.45) is 0 Å². The number of anilines is 2. The van der Waals surface area contributed by atoms with Gasteiger partial charge in [0.2, 0.25) is 0 Å². The summed E-state index contributed by atoms with van der Waals surface area (Å²) in [4.78, 5) is 16.2. The maximum Gasteiger partial charge on any atom is 0.255 e. The summed E-state index contributed by atoms with van der Waals surface area (Å²) in [6, 6.07) is 6.38. The number of benzene rings is 1. The number of nitrogens with zero attached hydrogens (tertiary/aromatic N) is 1. The number of aromatic nitrogens is 1. The quantitative estimate of drug-likeness (QED) is 0.806. The van der Waals surface area contributed by atoms with E-state index in [0.29, 0.717) is 40.2 Å². The average molecular weight is 372 g/mol. The molecule has 0 spiro atoms. The standard InChI is InChI=1S/C16H18ClN3O3.ClH/c1-3-6-23-15-12(17)7-10(8-13(15)22-2)16(21)20-11-4-5-14(18)19-9-11;/h4-5,7-9H,3,6H2,1-2H3,(H2,18,19)(H,20,21);1H. The number of nitrogen functional groups attached to an aromatic ring is 1. The van der Waals surface area contributed by atoms with Crippen molar-refractivity contribution in [2.45, 2.75) is 13.3 Å². The zero-order valence-electron chi connectivity index (χ0n) is 13.3. The number of methoxy groups -OCH3 is 1. The van der Waals surface area contributed by atoms with Crippen LogP contribution in [0.2, 0.25) is 5.02 Å². The Kier molecular flexibility index (Phi) is 7.61. The number of nitrogens with one attached hydrogen (secondary N) is 1. The van der Waals surface area contributed by atoms with Crippen LogP contribution in [0.15, 0.2) is 30.5 Å². The molecule has 2 aromatic rings. The number of ether oxygens (including phenoxy) is 2. The fourth-order valence-electron chi connectivity index (χ4n) is 1.88. The number of pyridine rings is 1. The molecule has 1 aromatic heterocycles. The molecule has 0 aliphatic heterocycles. The largest absolute Gasteiger partial charge is 0.493 e. The predicted octanol–water partition coefficient (Wildman–Crippen LogP) is 3.79. The summed E-state index contributed by atoms with van der Waals surface area (Å²) in [5.74, 6) is 0.886. The summed E-state index contributed by atoms with van der Waals surface area (Å²) in [5.41, 5.74) is 6.40. The Balaban J connectivity index is 0.00000288. The molecule has 6 nitrogen and oxygen atoms in total. The lowest BCUT2D eigenvalue weighted by atomic mass is 10.2. The Bertz CT molecular complexity index is 694. The highest BCUT2D eigenvalue weighted by atomic mass is 35.5. The molecule has 3 N–H and O–H groups in total. The van der Waals surface area contributed by atoms with Gasteiger partial charge in [0.25, 0.3) is 5.91 Å². The van der Waals surface area contributed by atoms with E-state index in [0.717, 1.165) is 6.42 Å². The number of halogens is 2. The summed E-state index contributed by atoms with van der Waals surface area (Å²) in [6.07, 6.45) is 2.32. The lowest BCUT2D eigenvalue weighted by molar-refractivity contribution is 0.102. The Morgan fingerprint density at radius 1 is 1.38 bits per heavy atom. The van der Waals surface area contributed by atoms with Crippen molar-refractivity contribution in [3.63, 3.8) is 0 Å². The van der Waals surface area contributed by atoms with Gasteiger partial charge >= 0.3 is 0 Å². The first-order valence-corrected chi connectivity index (χ1v) is 7.46. The number of hydrogen-bond donors (Lipinski definition) is 2. The third kappa shape index (κ3) is 4.91. The van der Waals surface area contributed by atoms with Gasteiger partial charge in [-0.3, -0.25) is 4.79 Å². The van der Waals surface area contributed by atoms with Crippen LogP contribution in [0.1, 0.15) is 23.7 Å². The molecule has 1 amide bonds. The summed E-state index contributed by atoms with van der Waals surface area (Å²) in [5, 5.41) is 3.03. The van der Waals surface area contributed by atoms with E-state index in [1.165, 1.54) is 19.4 Å². The van der Waals surface area contributed by atoms with Crippen molar-refractivity contribution in [1.29, 1.82) is 0 Å². The van der Waals surface area contributed by atoms with Gasteiger partial charge in [0.15, 0.2) is 11.5 Å². The minimum atomic E-state index is -0.334. The van der Waals surface area contributed by atoms with Crippen LogP contribution >= 0.6 is 24.0 Å². The molecule has 24 heavy (non-hydrogen) atoms. The molecule has 0 fully saturated rings. The SMILES string of the molecule is CCCOc1c(Cl)cc(C(=O)Nc2ccc(N)nc2)cc1OC.Cl. The van der Waals surface area contributed by atoms with E-state index in [4.69, 9.17) is 26.8 Å². The molecule has 130 valence electrons. The summed E-state index contributed by atoms with van der Waals surface area (Å²) < 4.78 is 10.8. The van der Waals surface area contributed by atoms with Crippen LogP contribution in [0.5, 0.6) is 11.5 Å². The number of amides is 1. The van der Waals surface area contributed by atoms with Gasteiger partial charge < -0.3 is 20.5 Å². The van der Waals surface area contributed by atoms with Gasteiger partial charge in [-0.05, 0) is 30.7 Å². The summed E-state index contributed by atoms with van der Waals surface area (Å²) in [7, 11) is 1.50. The smallest absolute Gasteiger partial charge is 0.255 e. The molecular weight excluding hydrogens is 353 g/mol. The predicted molar refractivity (Wildman–Crippen MR) is 97.6 cm³/mol. The first kappa shape index (κ1) is 19.9. The number of hydrogen-bond acceptors (Lipinski definition) is 5. The topological polar surface area (TPSA) is 86.5 Å². The van der Waals surface area contributed by atoms with E-state index < -0.39 is 0 Å². The highest BCUT2D eigenvalue weighted by Gasteiger charge is 2.16. The first-order valence-electron chi connectivity index (χ1n) is 7.08. The molecule has 0 aliphatic rings. The van der Waals surface area contributed by atoms with Gasteiger partial charge in [-0.15, -0.1) is 12.4 Å². The number of carbonyl (C=O) groups is 1. The molecule has 2 rings (SSSR count). The van der Waals surface area contributed by atoms with Crippen molar-refractivity contribution in [3.05, 3.63) is 41.0 Å². The Hall–Kier alpha value is -2.18. The molecule has 0 unspecified atom stereocenters. The summed E-state index contributed by atoms with van der Waals surface area (Å²) >= 11 is 6.20. The van der Waals surface area contributed by atoms with Gasteiger partial charge in [0.05, 0.1) is 30.6 Å². The van der Waals surface area contributed by atoms with Gasteiger partial charge in [-0.2, -0.15) is 0 Å². The molecule has 1 heterocycles. The molecule has 0 atom stereocenters. The first-order chi connectivity index (χ1) is 11.0. The van der Waals surface area contributed by atoms with Crippen LogP contribution in [0, 0.1) is 0 Å². The molecular formula is C16H19Cl2N3O3. The minimum Gasteiger partial charge on any atom is -0.493 e. The Labute approximate surface area is 151 Å². The normalized spacial score (nSPS) is 9.79. The zero-order chi connectivity index (χ0) is 16.8. The van der Waals surface area contributed by atoms with Gasteiger partial charge in [-0.1, -0.05) is 18.5 Å². The van der Waals surface area contributed by atoms with Crippen molar-refractivity contribution in [3.8, 4) is 11.5 Å². The molecule has 8 heteroatoms. The van der Waals surface area contributed by atoms with E-state index in [-0.39, 0.29) is 18.3 Å². The Morgan fingerprint density at radius 3 is 2.71 bits per heavy atom. The van der Waals surface area contributed by atoms with Crippen LogP contribution in [0.25, 0.3) is 0 Å². The lowest BCUT2D eigenvalue weighted by Gasteiger charge is -2.13. The van der Waals surface area contributed by atoms with Gasteiger partial charge in [-0.25, -0.2) is 4.98 Å². The van der Waals surface area contributed by atoms with Gasteiger partial charge in [0, 0.05) is 5.56 Å². The van der Waals surface area contributed by atoms with Crippen LogP contribution in [0.4, 0.5) is 11.5 Å². The molecule has 1 aromatic carbocycles. The van der Waals surface area contributed by atoms with E-state index in [1.807, 2.05) is 6.92 Å². The number of rotatable bonds is 6. The highest BCUT2D eigenvalue weighted by Crippen LogP contribution is 2.36. The fraction of sp³-hybridized carbons (Fsp3) is 0.250. The third-order valence-electron chi connectivity index (χ3n) is 2.99. The van der Waals surface area contributed by atoms with E-state index in [9.17, 15) is 4.79 Å². The van der Waals surface area contributed by atoms with E-state index in [2.05, 4.69) is 10.3 Å². The zero-order valence-corrected chi connectivity index (χ0v) is 14.9. The van der Waals surface area contributed by atoms with Crippen molar-refractivity contribution >= 4 is 41.4 Å². The van der Waals surface area contributed by atoms with Crippen molar-refractivity contribution in [1.82, 2.24) is 4.98 Å². The second-order valence-corrected chi connectivity index (χ2v) is 5.17. The minimum absolute atomic E-state index is 0. The molecule has 0 saturated heterocycles. The molecule has 0 saturated carbocycles. The number of nitrogens with two attached hydrogens (primary N) is 1. The second kappa shape index (κ2) is 9.20. The van der Waals surface area contributed by atoms with E-state index >= 15 is 0 Å². The average Bonchev–Trinajstić information content (AvgIpc) is 2.55. The van der Waals surface area contributed by atoms with Gasteiger partial charge in [0.1, 0.15) is 5.82 Å². The highest BCUT2D eigenvalue weighted by molar-refractivity contribution is 6.32. The molecule has 0 bridgehead atoms. The Morgan fingerprint density at radius 2 is 2.12 bits per heavy atom. The maximum atomic E-state index is 12.3. The molecule has 0 aliphatic carbocycles.